The highest BCUT2D eigenvalue weighted by Gasteiger charge is 2.19. The topological polar surface area (TPSA) is 8.17 Å². The lowest BCUT2D eigenvalue weighted by molar-refractivity contribution is 1.18. The minimum atomic E-state index is 1.12. The van der Waals surface area contributed by atoms with Crippen molar-refractivity contribution in [3.8, 4) is 27.9 Å². The molecule has 294 valence electrons. The number of hydrogen-bond donors (Lipinski definition) is 0. The molecule has 13 rings (SSSR count). The fraction of sp³-hybridized carbons (Fsp3) is 0. The third-order valence-electron chi connectivity index (χ3n) is 13.0. The molecule has 0 aliphatic heterocycles. The molecule has 0 saturated carbocycles. The van der Waals surface area contributed by atoms with Gasteiger partial charge in [-0.3, -0.25) is 0 Å². The summed E-state index contributed by atoms with van der Waals surface area (Å²) in [5, 5.41) is 12.8. The normalized spacial score (nSPS) is 11.8. The molecule has 0 spiro atoms. The van der Waals surface area contributed by atoms with E-state index in [0.29, 0.717) is 0 Å². The van der Waals surface area contributed by atoms with E-state index in [-0.39, 0.29) is 0 Å². The van der Waals surface area contributed by atoms with E-state index in [9.17, 15) is 0 Å². The van der Waals surface area contributed by atoms with Crippen molar-refractivity contribution in [1.29, 1.82) is 0 Å². The Labute approximate surface area is 368 Å². The number of fused-ring (bicyclic) bond motifs is 12. The van der Waals surface area contributed by atoms with E-state index in [1.807, 2.05) is 11.3 Å². The number of hydrogen-bond acceptors (Lipinski definition) is 2. The standard InChI is InChI=1S/C60H38N2S/c1-2-13-43(14-3-1)61(57-22-12-24-59-60(57)52-20-9-11-23-58(52)63-59)44-31-25-40(26-32-44)42-30-36-56-54(38-42)51-19-8-10-21-55(51)62(56)45-33-27-39(28-34-45)41-29-35-50-48-17-5-4-15-46(48)47-16-6-7-18-49(47)53(50)37-41/h1-38H. The molecule has 0 saturated heterocycles. The van der Waals surface area contributed by atoms with Crippen molar-refractivity contribution >= 4 is 103 Å². The molecule has 13 aromatic rings. The molecule has 0 N–H and O–H groups in total. The summed E-state index contributed by atoms with van der Waals surface area (Å²) in [4.78, 5) is 2.40. The van der Waals surface area contributed by atoms with Crippen LogP contribution in [0.2, 0.25) is 0 Å². The lowest BCUT2D eigenvalue weighted by Gasteiger charge is -2.26. The largest absolute Gasteiger partial charge is 0.310 e. The maximum Gasteiger partial charge on any atom is 0.0554 e. The van der Waals surface area contributed by atoms with Crippen LogP contribution >= 0.6 is 11.3 Å². The first-order valence-corrected chi connectivity index (χ1v) is 22.4. The second-order valence-electron chi connectivity index (χ2n) is 16.4. The molecular formula is C60H38N2S. The number of aromatic nitrogens is 1. The zero-order valence-electron chi connectivity index (χ0n) is 34.2. The lowest BCUT2D eigenvalue weighted by atomic mass is 9.92. The number of rotatable bonds is 6. The van der Waals surface area contributed by atoms with E-state index in [1.54, 1.807) is 0 Å². The molecule has 2 aromatic heterocycles. The Balaban J connectivity index is 0.872. The predicted molar refractivity (Wildman–Crippen MR) is 272 cm³/mol. The molecule has 0 bridgehead atoms. The van der Waals surface area contributed by atoms with E-state index in [1.165, 1.54) is 102 Å². The molecule has 0 aliphatic rings. The Morgan fingerprint density at radius 3 is 1.51 bits per heavy atom. The van der Waals surface area contributed by atoms with Crippen molar-refractivity contribution in [2.24, 2.45) is 0 Å². The van der Waals surface area contributed by atoms with E-state index >= 15 is 0 Å². The average molecular weight is 819 g/mol. The third kappa shape index (κ3) is 5.71. The summed E-state index contributed by atoms with van der Waals surface area (Å²) in [5.74, 6) is 0. The predicted octanol–water partition coefficient (Wildman–Crippen LogP) is 17.4. The van der Waals surface area contributed by atoms with Gasteiger partial charge in [-0.2, -0.15) is 0 Å². The molecule has 2 heterocycles. The molecule has 0 unspecified atom stereocenters. The Bertz CT molecular complexity index is 3860. The van der Waals surface area contributed by atoms with Crippen molar-refractivity contribution in [2.75, 3.05) is 4.90 Å². The van der Waals surface area contributed by atoms with Gasteiger partial charge in [-0.25, -0.2) is 0 Å². The van der Waals surface area contributed by atoms with Crippen molar-refractivity contribution in [3.05, 3.63) is 231 Å². The van der Waals surface area contributed by atoms with Crippen LogP contribution in [0.1, 0.15) is 0 Å². The van der Waals surface area contributed by atoms with Gasteiger partial charge in [0.25, 0.3) is 0 Å². The van der Waals surface area contributed by atoms with Crippen LogP contribution in [0.3, 0.4) is 0 Å². The van der Waals surface area contributed by atoms with E-state index < -0.39 is 0 Å². The SMILES string of the molecule is c1ccc(N(c2ccc(-c3ccc4c(c3)c3ccccc3n4-c3ccc(-c4ccc5c6ccccc6c6ccccc6c5c4)cc3)cc2)c2cccc3sc4ccccc4c23)cc1. The molecule has 0 amide bonds. The van der Waals surface area contributed by atoms with Crippen LogP contribution in [0, 0.1) is 0 Å². The van der Waals surface area contributed by atoms with Gasteiger partial charge in [0.05, 0.1) is 16.7 Å². The Morgan fingerprint density at radius 1 is 0.302 bits per heavy atom. The monoisotopic (exact) mass is 818 g/mol. The van der Waals surface area contributed by atoms with Crippen LogP contribution in [0.25, 0.3) is 102 Å². The quantitative estimate of drug-likeness (QED) is 0.152. The summed E-state index contributed by atoms with van der Waals surface area (Å²) in [5.41, 5.74) is 11.8. The first-order valence-electron chi connectivity index (χ1n) is 21.6. The van der Waals surface area contributed by atoms with Gasteiger partial charge in [-0.05, 0) is 133 Å². The number of nitrogens with zero attached hydrogens (tertiary/aromatic N) is 2. The summed E-state index contributed by atoms with van der Waals surface area (Å²) in [6.07, 6.45) is 0. The zero-order valence-corrected chi connectivity index (χ0v) is 35.1. The summed E-state index contributed by atoms with van der Waals surface area (Å²) < 4.78 is 5.01. The number of thiophene rings is 1. The summed E-state index contributed by atoms with van der Waals surface area (Å²) in [6.45, 7) is 0. The third-order valence-corrected chi connectivity index (χ3v) is 14.1. The highest BCUT2D eigenvalue weighted by molar-refractivity contribution is 7.26. The highest BCUT2D eigenvalue weighted by atomic mass is 32.1. The highest BCUT2D eigenvalue weighted by Crippen LogP contribution is 2.45. The van der Waals surface area contributed by atoms with Crippen LogP contribution in [0.15, 0.2) is 231 Å². The molecule has 0 aliphatic carbocycles. The molecule has 0 fully saturated rings. The van der Waals surface area contributed by atoms with Gasteiger partial charge in [-0.1, -0.05) is 152 Å². The fourth-order valence-electron chi connectivity index (χ4n) is 10.1. The van der Waals surface area contributed by atoms with Crippen LogP contribution in [-0.2, 0) is 0 Å². The fourth-order valence-corrected chi connectivity index (χ4v) is 11.2. The average Bonchev–Trinajstić information content (AvgIpc) is 3.91. The Morgan fingerprint density at radius 2 is 0.794 bits per heavy atom. The maximum absolute atomic E-state index is 2.41. The lowest BCUT2D eigenvalue weighted by Crippen LogP contribution is -2.10. The molecular weight excluding hydrogens is 781 g/mol. The first-order chi connectivity index (χ1) is 31.2. The van der Waals surface area contributed by atoms with Gasteiger partial charge >= 0.3 is 0 Å². The van der Waals surface area contributed by atoms with Crippen LogP contribution in [-0.4, -0.2) is 4.57 Å². The van der Waals surface area contributed by atoms with Crippen molar-refractivity contribution in [1.82, 2.24) is 4.57 Å². The van der Waals surface area contributed by atoms with E-state index in [0.717, 1.165) is 17.1 Å². The van der Waals surface area contributed by atoms with E-state index in [2.05, 4.69) is 240 Å². The maximum atomic E-state index is 2.41. The summed E-state index contributed by atoms with van der Waals surface area (Å²) in [6, 6.07) is 84.6. The molecule has 0 radical (unpaired) electrons. The number of anilines is 3. The number of benzene rings is 11. The van der Waals surface area contributed by atoms with Crippen molar-refractivity contribution in [3.63, 3.8) is 0 Å². The van der Waals surface area contributed by atoms with Gasteiger partial charge in [-0.15, -0.1) is 11.3 Å². The van der Waals surface area contributed by atoms with Gasteiger partial charge < -0.3 is 9.47 Å². The number of para-hydroxylation sites is 2. The van der Waals surface area contributed by atoms with Gasteiger partial charge in [0.1, 0.15) is 0 Å². The van der Waals surface area contributed by atoms with Crippen LogP contribution < -0.4 is 4.90 Å². The van der Waals surface area contributed by atoms with Gasteiger partial charge in [0.2, 0.25) is 0 Å². The second-order valence-corrected chi connectivity index (χ2v) is 17.5. The van der Waals surface area contributed by atoms with E-state index in [4.69, 9.17) is 0 Å². The summed E-state index contributed by atoms with van der Waals surface area (Å²) >= 11 is 1.86. The minimum Gasteiger partial charge on any atom is -0.310 e. The Hall–Kier alpha value is -7.98. The summed E-state index contributed by atoms with van der Waals surface area (Å²) in [7, 11) is 0. The molecule has 3 heteroatoms. The van der Waals surface area contributed by atoms with Gasteiger partial charge in [0.15, 0.2) is 0 Å². The second kappa shape index (κ2) is 14.3. The van der Waals surface area contributed by atoms with Crippen molar-refractivity contribution in [2.45, 2.75) is 0 Å². The van der Waals surface area contributed by atoms with Gasteiger partial charge in [0, 0.05) is 48.0 Å². The molecule has 11 aromatic carbocycles. The minimum absolute atomic E-state index is 1.12. The molecule has 2 nitrogen and oxygen atoms in total. The zero-order chi connectivity index (χ0) is 41.4. The Kier molecular flexibility index (Phi) is 8.12. The smallest absolute Gasteiger partial charge is 0.0554 e. The molecule has 63 heavy (non-hydrogen) atoms. The molecule has 0 atom stereocenters. The van der Waals surface area contributed by atoms with Crippen molar-refractivity contribution < 1.29 is 0 Å². The van der Waals surface area contributed by atoms with Crippen LogP contribution in [0.4, 0.5) is 17.1 Å². The first kappa shape index (κ1) is 35.7. The van der Waals surface area contributed by atoms with Crippen LogP contribution in [0.5, 0.6) is 0 Å².